The number of rotatable bonds is 11. The van der Waals surface area contributed by atoms with Gasteiger partial charge in [-0.1, -0.05) is 12.1 Å². The molecule has 0 radical (unpaired) electrons. The van der Waals surface area contributed by atoms with Gasteiger partial charge in [-0.2, -0.15) is 11.8 Å². The van der Waals surface area contributed by atoms with Gasteiger partial charge < -0.3 is 20.7 Å². The molecule has 1 aromatic carbocycles. The second-order valence-electron chi connectivity index (χ2n) is 5.30. The van der Waals surface area contributed by atoms with Gasteiger partial charge in [0, 0.05) is 12.1 Å². The van der Waals surface area contributed by atoms with Crippen LogP contribution < -0.4 is 16.0 Å². The number of hydrogen-bond acceptors (Lipinski definition) is 6. The van der Waals surface area contributed by atoms with Gasteiger partial charge >= 0.3 is 5.97 Å². The van der Waals surface area contributed by atoms with Crippen molar-refractivity contribution in [1.82, 2.24) is 16.0 Å². The van der Waals surface area contributed by atoms with E-state index in [1.54, 1.807) is 36.0 Å². The molecule has 1 atom stereocenters. The Morgan fingerprint density at radius 1 is 1.23 bits per heavy atom. The Balaban J connectivity index is 2.60. The normalized spacial score (nSPS) is 11.2. The molecule has 0 fully saturated rings. The molecule has 0 spiro atoms. The van der Waals surface area contributed by atoms with E-state index in [0.29, 0.717) is 18.4 Å². The average Bonchev–Trinajstić information content (AvgIpc) is 2.67. The van der Waals surface area contributed by atoms with Crippen molar-refractivity contribution in [3.63, 3.8) is 0 Å². The van der Waals surface area contributed by atoms with Gasteiger partial charge in [0.1, 0.15) is 6.04 Å². The Labute approximate surface area is 156 Å². The van der Waals surface area contributed by atoms with Crippen molar-refractivity contribution in [2.24, 2.45) is 0 Å². The van der Waals surface area contributed by atoms with Crippen LogP contribution in [-0.2, 0) is 25.7 Å². The van der Waals surface area contributed by atoms with Crippen LogP contribution in [0.3, 0.4) is 0 Å². The van der Waals surface area contributed by atoms with E-state index in [1.165, 1.54) is 7.11 Å². The average molecular weight is 381 g/mol. The summed E-state index contributed by atoms with van der Waals surface area (Å²) in [6.45, 7) is 0.189. The predicted molar refractivity (Wildman–Crippen MR) is 98.6 cm³/mol. The first-order valence-corrected chi connectivity index (χ1v) is 9.31. The van der Waals surface area contributed by atoms with E-state index in [4.69, 9.17) is 4.74 Å². The van der Waals surface area contributed by atoms with Crippen molar-refractivity contribution in [2.45, 2.75) is 19.0 Å². The number of benzene rings is 1. The van der Waals surface area contributed by atoms with Crippen LogP contribution >= 0.6 is 11.8 Å². The molecule has 0 saturated carbocycles. The highest BCUT2D eigenvalue weighted by atomic mass is 32.2. The van der Waals surface area contributed by atoms with E-state index in [-0.39, 0.29) is 24.9 Å². The molecule has 0 unspecified atom stereocenters. The minimum absolute atomic E-state index is 0.0883. The number of nitrogens with one attached hydrogen (secondary N) is 3. The summed E-state index contributed by atoms with van der Waals surface area (Å²) in [5, 5.41) is 7.58. The summed E-state index contributed by atoms with van der Waals surface area (Å²) >= 11 is 1.58. The Kier molecular flexibility index (Phi) is 9.85. The molecule has 3 amide bonds. The molecule has 0 heterocycles. The molecule has 26 heavy (non-hydrogen) atoms. The van der Waals surface area contributed by atoms with Crippen molar-refractivity contribution in [3.05, 3.63) is 35.4 Å². The zero-order chi connectivity index (χ0) is 19.4. The molecule has 3 N–H and O–H groups in total. The topological polar surface area (TPSA) is 114 Å². The number of carbonyl (C=O) groups excluding carboxylic acids is 4. The molecule has 1 rings (SSSR count). The molecule has 0 bridgehead atoms. The van der Waals surface area contributed by atoms with Gasteiger partial charge in [0.2, 0.25) is 12.3 Å². The van der Waals surface area contributed by atoms with Gasteiger partial charge in [0.05, 0.1) is 13.7 Å². The number of thioether (sulfide) groups is 1. The minimum atomic E-state index is -0.691. The Hall–Kier alpha value is -2.55. The van der Waals surface area contributed by atoms with Gasteiger partial charge in [-0.3, -0.25) is 14.4 Å². The Morgan fingerprint density at radius 3 is 2.50 bits per heavy atom. The largest absolute Gasteiger partial charge is 0.467 e. The van der Waals surface area contributed by atoms with Crippen molar-refractivity contribution in [1.29, 1.82) is 0 Å². The molecular weight excluding hydrogens is 358 g/mol. The lowest BCUT2D eigenvalue weighted by Gasteiger charge is -2.16. The molecule has 0 aliphatic heterocycles. The van der Waals surface area contributed by atoms with E-state index in [1.807, 2.05) is 6.26 Å². The zero-order valence-corrected chi connectivity index (χ0v) is 15.6. The first-order valence-electron chi connectivity index (χ1n) is 7.92. The van der Waals surface area contributed by atoms with Crippen LogP contribution in [0.15, 0.2) is 24.3 Å². The predicted octanol–water partition coefficient (Wildman–Crippen LogP) is 0.0733. The Morgan fingerprint density at radius 2 is 1.92 bits per heavy atom. The maximum absolute atomic E-state index is 12.3. The van der Waals surface area contributed by atoms with Crippen LogP contribution in [0, 0.1) is 0 Å². The van der Waals surface area contributed by atoms with E-state index < -0.39 is 12.0 Å². The number of esters is 1. The molecule has 0 aliphatic carbocycles. The highest BCUT2D eigenvalue weighted by molar-refractivity contribution is 7.98. The van der Waals surface area contributed by atoms with Crippen LogP contribution in [0.4, 0.5) is 0 Å². The fourth-order valence-corrected chi connectivity index (χ4v) is 2.51. The lowest BCUT2D eigenvalue weighted by Crippen LogP contribution is -2.41. The fraction of sp³-hybridized carbons (Fsp3) is 0.412. The van der Waals surface area contributed by atoms with Crippen LogP contribution in [0.25, 0.3) is 0 Å². The van der Waals surface area contributed by atoms with Crippen molar-refractivity contribution < 1.29 is 23.9 Å². The maximum atomic E-state index is 12.3. The first kappa shape index (κ1) is 21.5. The summed E-state index contributed by atoms with van der Waals surface area (Å²) in [7, 11) is 1.29. The van der Waals surface area contributed by atoms with Crippen LogP contribution in [0.2, 0.25) is 0 Å². The van der Waals surface area contributed by atoms with Crippen molar-refractivity contribution in [2.75, 3.05) is 25.7 Å². The third kappa shape index (κ3) is 7.56. The summed E-state index contributed by atoms with van der Waals surface area (Å²) in [6, 6.07) is 5.95. The van der Waals surface area contributed by atoms with Gasteiger partial charge in [0.15, 0.2) is 0 Å². The number of hydrogen-bond donors (Lipinski definition) is 3. The first-order chi connectivity index (χ1) is 12.5. The molecule has 9 heteroatoms. The minimum Gasteiger partial charge on any atom is -0.467 e. The van der Waals surface area contributed by atoms with E-state index in [2.05, 4.69) is 16.0 Å². The third-order valence-corrected chi connectivity index (χ3v) is 4.10. The SMILES string of the molecule is COC(=O)[C@@H](CCSC)NC(=O)c1ccc(CNC(=O)CNC=O)cc1. The molecule has 0 aromatic heterocycles. The summed E-state index contributed by atoms with van der Waals surface area (Å²) in [4.78, 5) is 45.6. The molecule has 8 nitrogen and oxygen atoms in total. The number of ether oxygens (including phenoxy) is 1. The molecule has 0 saturated heterocycles. The standard InChI is InChI=1S/C17H23N3O5S/c1-25-17(24)14(7-8-26-2)20-16(23)13-5-3-12(4-6-13)9-19-15(22)10-18-11-21/h3-6,11,14H,7-10H2,1-2H3,(H,18,21)(H,19,22)(H,20,23)/t14-/m1/s1. The number of carbonyl (C=O) groups is 4. The summed E-state index contributed by atoms with van der Waals surface area (Å²) in [6.07, 6.45) is 2.86. The second-order valence-corrected chi connectivity index (χ2v) is 6.29. The smallest absolute Gasteiger partial charge is 0.328 e. The quantitative estimate of drug-likeness (QED) is 0.369. The van der Waals surface area contributed by atoms with Gasteiger partial charge in [-0.25, -0.2) is 4.79 Å². The molecule has 142 valence electrons. The molecule has 0 aliphatic rings. The summed E-state index contributed by atoms with van der Waals surface area (Å²) in [5.41, 5.74) is 1.20. The summed E-state index contributed by atoms with van der Waals surface area (Å²) < 4.78 is 4.72. The molecule has 1 aromatic rings. The summed E-state index contributed by atoms with van der Waals surface area (Å²) in [5.74, 6) is -0.436. The zero-order valence-electron chi connectivity index (χ0n) is 14.7. The monoisotopic (exact) mass is 381 g/mol. The number of methoxy groups -OCH3 is 1. The second kappa shape index (κ2) is 11.9. The lowest BCUT2D eigenvalue weighted by atomic mass is 10.1. The highest BCUT2D eigenvalue weighted by Crippen LogP contribution is 2.07. The van der Waals surface area contributed by atoms with E-state index in [9.17, 15) is 19.2 Å². The van der Waals surface area contributed by atoms with Crippen LogP contribution in [-0.4, -0.2) is 55.9 Å². The maximum Gasteiger partial charge on any atom is 0.328 e. The van der Waals surface area contributed by atoms with Crippen molar-refractivity contribution in [3.8, 4) is 0 Å². The van der Waals surface area contributed by atoms with E-state index in [0.717, 1.165) is 11.3 Å². The lowest BCUT2D eigenvalue weighted by molar-refractivity contribution is -0.142. The van der Waals surface area contributed by atoms with Crippen LogP contribution in [0.5, 0.6) is 0 Å². The van der Waals surface area contributed by atoms with E-state index >= 15 is 0 Å². The fourth-order valence-electron chi connectivity index (χ4n) is 2.04. The van der Waals surface area contributed by atoms with Crippen molar-refractivity contribution >= 4 is 36.0 Å². The van der Waals surface area contributed by atoms with Gasteiger partial charge in [-0.05, 0) is 36.1 Å². The highest BCUT2D eigenvalue weighted by Gasteiger charge is 2.21. The third-order valence-electron chi connectivity index (χ3n) is 3.45. The van der Waals surface area contributed by atoms with Gasteiger partial charge in [-0.15, -0.1) is 0 Å². The van der Waals surface area contributed by atoms with Crippen LogP contribution in [0.1, 0.15) is 22.3 Å². The van der Waals surface area contributed by atoms with Gasteiger partial charge in [0.25, 0.3) is 5.91 Å². The number of amides is 3. The Bertz CT molecular complexity index is 621. The molecular formula is C17H23N3O5S.